The first kappa shape index (κ1) is 17.3. The number of hydrogen-bond donors (Lipinski definition) is 1. The van der Waals surface area contributed by atoms with Crippen molar-refractivity contribution in [3.8, 4) is 22.1 Å². The summed E-state index contributed by atoms with van der Waals surface area (Å²) in [6.07, 6.45) is 0. The highest BCUT2D eigenvalue weighted by atomic mass is 32.1. The number of thiazole rings is 1. The summed E-state index contributed by atoms with van der Waals surface area (Å²) in [6, 6.07) is 5.60. The van der Waals surface area contributed by atoms with Crippen molar-refractivity contribution >= 4 is 17.2 Å². The van der Waals surface area contributed by atoms with Crippen molar-refractivity contribution in [1.29, 1.82) is 0 Å². The lowest BCUT2D eigenvalue weighted by atomic mass is 10.1. The van der Waals surface area contributed by atoms with Gasteiger partial charge in [-0.05, 0) is 45.9 Å². The number of carbonyl (C=O) groups is 1. The molecular weight excluding hydrogens is 312 g/mol. The Balaban J connectivity index is 2.36. The number of nitrogens with zero attached hydrogens (tertiary/aromatic N) is 1. The Morgan fingerprint density at radius 2 is 1.83 bits per heavy atom. The lowest BCUT2D eigenvalue weighted by Gasteiger charge is -2.19. The molecular formula is C17H22N2O3S. The van der Waals surface area contributed by atoms with Crippen LogP contribution in [0.15, 0.2) is 18.2 Å². The van der Waals surface area contributed by atoms with Crippen LogP contribution in [0.3, 0.4) is 0 Å². The van der Waals surface area contributed by atoms with Crippen molar-refractivity contribution in [3.63, 3.8) is 0 Å². The standard InChI is InChI=1S/C17H22N2O3S/c1-10-14(15(20)19-17(2,3)4)23-16(18-10)11-7-8-12(21-5)13(9-11)22-6/h7-9H,1-6H3,(H,19,20). The minimum Gasteiger partial charge on any atom is -0.493 e. The second-order valence-electron chi connectivity index (χ2n) is 6.21. The van der Waals surface area contributed by atoms with Gasteiger partial charge in [0.1, 0.15) is 9.88 Å². The molecule has 1 amide bonds. The number of rotatable bonds is 4. The summed E-state index contributed by atoms with van der Waals surface area (Å²) in [5, 5.41) is 3.75. The van der Waals surface area contributed by atoms with Crippen LogP contribution >= 0.6 is 11.3 Å². The van der Waals surface area contributed by atoms with Crippen molar-refractivity contribution < 1.29 is 14.3 Å². The molecule has 0 aliphatic carbocycles. The normalized spacial score (nSPS) is 11.2. The van der Waals surface area contributed by atoms with Gasteiger partial charge in [-0.3, -0.25) is 4.79 Å². The van der Waals surface area contributed by atoms with Crippen LogP contribution in [0, 0.1) is 6.92 Å². The van der Waals surface area contributed by atoms with E-state index in [9.17, 15) is 4.79 Å². The number of methoxy groups -OCH3 is 2. The summed E-state index contributed by atoms with van der Waals surface area (Å²) >= 11 is 1.37. The maximum atomic E-state index is 12.4. The summed E-state index contributed by atoms with van der Waals surface area (Å²) in [5.74, 6) is 1.20. The molecule has 0 unspecified atom stereocenters. The van der Waals surface area contributed by atoms with Crippen LogP contribution in [0.2, 0.25) is 0 Å². The molecule has 6 heteroatoms. The fourth-order valence-corrected chi connectivity index (χ4v) is 3.05. The van der Waals surface area contributed by atoms with Gasteiger partial charge in [-0.2, -0.15) is 0 Å². The molecule has 0 atom stereocenters. The molecule has 0 radical (unpaired) electrons. The van der Waals surface area contributed by atoms with Gasteiger partial charge in [-0.15, -0.1) is 11.3 Å². The van der Waals surface area contributed by atoms with Crippen molar-refractivity contribution in [3.05, 3.63) is 28.8 Å². The molecule has 1 heterocycles. The van der Waals surface area contributed by atoms with Gasteiger partial charge in [0.15, 0.2) is 11.5 Å². The molecule has 23 heavy (non-hydrogen) atoms. The van der Waals surface area contributed by atoms with E-state index in [1.54, 1.807) is 14.2 Å². The molecule has 0 saturated heterocycles. The van der Waals surface area contributed by atoms with E-state index in [1.807, 2.05) is 45.9 Å². The number of aryl methyl sites for hydroxylation is 1. The van der Waals surface area contributed by atoms with Crippen LogP contribution in [0.25, 0.3) is 10.6 Å². The van der Waals surface area contributed by atoms with Crippen molar-refractivity contribution in [1.82, 2.24) is 10.3 Å². The quantitative estimate of drug-likeness (QED) is 0.927. The topological polar surface area (TPSA) is 60.5 Å². The second-order valence-corrected chi connectivity index (χ2v) is 7.21. The fourth-order valence-electron chi connectivity index (χ4n) is 2.10. The Bertz CT molecular complexity index is 717. The van der Waals surface area contributed by atoms with Crippen LogP contribution < -0.4 is 14.8 Å². The van der Waals surface area contributed by atoms with Gasteiger partial charge in [-0.25, -0.2) is 4.98 Å². The van der Waals surface area contributed by atoms with E-state index in [-0.39, 0.29) is 11.4 Å². The highest BCUT2D eigenvalue weighted by Crippen LogP contribution is 2.35. The molecule has 1 N–H and O–H groups in total. The molecule has 0 spiro atoms. The molecule has 0 bridgehead atoms. The van der Waals surface area contributed by atoms with Crippen LogP contribution in [0.5, 0.6) is 11.5 Å². The van der Waals surface area contributed by atoms with Crippen molar-refractivity contribution in [2.75, 3.05) is 14.2 Å². The van der Waals surface area contributed by atoms with Gasteiger partial charge in [0.05, 0.1) is 19.9 Å². The highest BCUT2D eigenvalue weighted by molar-refractivity contribution is 7.17. The number of ether oxygens (including phenoxy) is 2. The monoisotopic (exact) mass is 334 g/mol. The zero-order valence-electron chi connectivity index (χ0n) is 14.3. The zero-order chi connectivity index (χ0) is 17.2. The summed E-state index contributed by atoms with van der Waals surface area (Å²) in [7, 11) is 3.19. The van der Waals surface area contributed by atoms with Crippen LogP contribution in [0.1, 0.15) is 36.1 Å². The number of aromatic nitrogens is 1. The number of amides is 1. The highest BCUT2D eigenvalue weighted by Gasteiger charge is 2.21. The maximum absolute atomic E-state index is 12.4. The summed E-state index contributed by atoms with van der Waals surface area (Å²) in [6.45, 7) is 7.71. The smallest absolute Gasteiger partial charge is 0.263 e. The van der Waals surface area contributed by atoms with Gasteiger partial charge in [0, 0.05) is 11.1 Å². The van der Waals surface area contributed by atoms with E-state index in [2.05, 4.69) is 10.3 Å². The zero-order valence-corrected chi connectivity index (χ0v) is 15.1. The van der Waals surface area contributed by atoms with Crippen LogP contribution in [-0.4, -0.2) is 30.6 Å². The molecule has 124 valence electrons. The number of benzene rings is 1. The van der Waals surface area contributed by atoms with Gasteiger partial charge in [0.2, 0.25) is 0 Å². The van der Waals surface area contributed by atoms with E-state index in [4.69, 9.17) is 9.47 Å². The first-order valence-electron chi connectivity index (χ1n) is 7.27. The van der Waals surface area contributed by atoms with E-state index < -0.39 is 0 Å². The first-order chi connectivity index (χ1) is 10.7. The summed E-state index contributed by atoms with van der Waals surface area (Å²) in [4.78, 5) is 17.5. The second kappa shape index (κ2) is 6.58. The van der Waals surface area contributed by atoms with E-state index >= 15 is 0 Å². The van der Waals surface area contributed by atoms with Gasteiger partial charge < -0.3 is 14.8 Å². The molecule has 0 aliphatic heterocycles. The third kappa shape index (κ3) is 4.01. The van der Waals surface area contributed by atoms with Crippen molar-refractivity contribution in [2.24, 2.45) is 0 Å². The lowest BCUT2D eigenvalue weighted by Crippen LogP contribution is -2.40. The van der Waals surface area contributed by atoms with Crippen LogP contribution in [0.4, 0.5) is 0 Å². The third-order valence-corrected chi connectivity index (χ3v) is 4.33. The number of hydrogen-bond acceptors (Lipinski definition) is 5. The lowest BCUT2D eigenvalue weighted by molar-refractivity contribution is 0.0923. The molecule has 1 aromatic carbocycles. The predicted molar refractivity (Wildman–Crippen MR) is 92.6 cm³/mol. The summed E-state index contributed by atoms with van der Waals surface area (Å²) < 4.78 is 10.6. The molecule has 0 aliphatic rings. The minimum atomic E-state index is -0.281. The van der Waals surface area contributed by atoms with E-state index in [0.29, 0.717) is 16.4 Å². The van der Waals surface area contributed by atoms with Crippen molar-refractivity contribution in [2.45, 2.75) is 33.2 Å². The average molecular weight is 334 g/mol. The molecule has 2 aromatic rings. The van der Waals surface area contributed by atoms with E-state index in [1.165, 1.54) is 11.3 Å². The molecule has 1 aromatic heterocycles. The Morgan fingerprint density at radius 3 is 2.39 bits per heavy atom. The van der Waals surface area contributed by atoms with Gasteiger partial charge in [0.25, 0.3) is 5.91 Å². The summed E-state index contributed by atoms with van der Waals surface area (Å²) in [5.41, 5.74) is 1.34. The Labute approximate surface area is 140 Å². The third-order valence-electron chi connectivity index (χ3n) is 3.12. The Hall–Kier alpha value is -2.08. The molecule has 0 fully saturated rings. The van der Waals surface area contributed by atoms with Gasteiger partial charge in [-0.1, -0.05) is 0 Å². The largest absolute Gasteiger partial charge is 0.493 e. The SMILES string of the molecule is COc1ccc(-c2nc(C)c(C(=O)NC(C)(C)C)s2)cc1OC. The van der Waals surface area contributed by atoms with E-state index in [0.717, 1.165) is 16.3 Å². The maximum Gasteiger partial charge on any atom is 0.263 e. The Morgan fingerprint density at radius 1 is 1.17 bits per heavy atom. The fraction of sp³-hybridized carbons (Fsp3) is 0.412. The first-order valence-corrected chi connectivity index (χ1v) is 8.09. The molecule has 2 rings (SSSR count). The van der Waals surface area contributed by atoms with Gasteiger partial charge >= 0.3 is 0 Å². The average Bonchev–Trinajstić information content (AvgIpc) is 2.87. The number of carbonyl (C=O) groups excluding carboxylic acids is 1. The Kier molecular flexibility index (Phi) is 4.94. The molecule has 5 nitrogen and oxygen atoms in total. The molecule has 0 saturated carbocycles. The predicted octanol–water partition coefficient (Wildman–Crippen LogP) is 3.66. The van der Waals surface area contributed by atoms with Crippen LogP contribution in [-0.2, 0) is 0 Å². The number of nitrogens with one attached hydrogen (secondary N) is 1. The minimum absolute atomic E-state index is 0.0979.